The molecular weight excluding hydrogens is 757 g/mol. The number of benzene rings is 3. The molecule has 318 valence electrons. The molecule has 0 radical (unpaired) electrons. The van der Waals surface area contributed by atoms with Gasteiger partial charge in [-0.1, -0.05) is 156 Å². The van der Waals surface area contributed by atoms with Crippen LogP contribution >= 0.6 is 0 Å². The van der Waals surface area contributed by atoms with Crippen molar-refractivity contribution in [2.24, 2.45) is 17.8 Å². The third-order valence-electron chi connectivity index (χ3n) is 13.0. The second-order valence-corrected chi connectivity index (χ2v) is 34.2. The summed E-state index contributed by atoms with van der Waals surface area (Å²) in [5, 5.41) is 2.29. The van der Waals surface area contributed by atoms with Crippen molar-refractivity contribution in [3.8, 4) is 5.75 Å². The van der Waals surface area contributed by atoms with Gasteiger partial charge in [0.25, 0.3) is 8.32 Å². The second-order valence-electron chi connectivity index (χ2n) is 20.4. The summed E-state index contributed by atoms with van der Waals surface area (Å²) in [5.74, 6) is 0.212. The quantitative estimate of drug-likeness (QED) is 0.0834. The van der Waals surface area contributed by atoms with Gasteiger partial charge < -0.3 is 22.8 Å². The Morgan fingerprint density at radius 3 is 1.54 bits per heavy atom. The lowest BCUT2D eigenvalue weighted by atomic mass is 9.83. The molecule has 0 amide bonds. The molecule has 0 fully saturated rings. The van der Waals surface area contributed by atoms with E-state index in [0.29, 0.717) is 26.2 Å². The Morgan fingerprint density at radius 2 is 1.11 bits per heavy atom. The molecule has 0 saturated heterocycles. The van der Waals surface area contributed by atoms with Crippen LogP contribution in [0.15, 0.2) is 84.9 Å². The van der Waals surface area contributed by atoms with Crippen molar-refractivity contribution in [2.75, 3.05) is 20.3 Å². The van der Waals surface area contributed by atoms with Crippen molar-refractivity contribution in [1.29, 1.82) is 0 Å². The maximum atomic E-state index is 15.0. The summed E-state index contributed by atoms with van der Waals surface area (Å²) in [4.78, 5) is 15.0. The van der Waals surface area contributed by atoms with Gasteiger partial charge in [-0.25, -0.2) is 0 Å². The number of carbonyl (C=O) groups excluding carboxylic acids is 1. The highest BCUT2D eigenvalue weighted by Gasteiger charge is 2.51. The largest absolute Gasteiger partial charge is 0.497 e. The lowest BCUT2D eigenvalue weighted by Crippen LogP contribution is -2.67. The summed E-state index contributed by atoms with van der Waals surface area (Å²) in [5.41, 5.74) is 1.08. The van der Waals surface area contributed by atoms with Gasteiger partial charge in [-0.05, 0) is 75.8 Å². The van der Waals surface area contributed by atoms with E-state index in [2.05, 4.69) is 170 Å². The number of hydrogen-bond acceptors (Lipinski definition) is 6. The fourth-order valence-electron chi connectivity index (χ4n) is 7.18. The lowest BCUT2D eigenvalue weighted by molar-refractivity contribution is -0.133. The summed E-state index contributed by atoms with van der Waals surface area (Å²) < 4.78 is 33.5. The van der Waals surface area contributed by atoms with Gasteiger partial charge in [0.05, 0.1) is 25.9 Å². The molecule has 3 aromatic carbocycles. The molecule has 9 heteroatoms. The monoisotopic (exact) mass is 835 g/mol. The molecule has 0 aromatic heterocycles. The van der Waals surface area contributed by atoms with Crippen LogP contribution < -0.4 is 15.1 Å². The van der Waals surface area contributed by atoms with E-state index >= 15 is 4.79 Å². The normalized spacial score (nSPS) is 16.1. The molecule has 57 heavy (non-hydrogen) atoms. The zero-order valence-corrected chi connectivity index (χ0v) is 41.7. The van der Waals surface area contributed by atoms with Gasteiger partial charge in [0.15, 0.2) is 16.6 Å². The Hall–Kier alpha value is -2.38. The van der Waals surface area contributed by atoms with E-state index in [9.17, 15) is 0 Å². The van der Waals surface area contributed by atoms with Gasteiger partial charge >= 0.3 is 0 Å². The van der Waals surface area contributed by atoms with E-state index in [0.717, 1.165) is 11.3 Å². The molecule has 6 nitrogen and oxygen atoms in total. The Bertz CT molecular complexity index is 1620. The van der Waals surface area contributed by atoms with Gasteiger partial charge in [0.2, 0.25) is 0 Å². The SMILES string of the molecule is COc1ccc(COCC[C@@H](O[Si](C)(C)C(C)(C)C)[C@@H](C)C(=O)[C@@H](C)[C@@H](O[Si](C)(C)C(C)(C)C)[C@@H](C)CO[Si](c2ccccc2)(c2ccccc2)C(C)(C)C)cc1. The van der Waals surface area contributed by atoms with Crippen molar-refractivity contribution in [1.82, 2.24) is 0 Å². The van der Waals surface area contributed by atoms with Crippen LogP contribution in [0, 0.1) is 17.8 Å². The maximum Gasteiger partial charge on any atom is 0.261 e. The van der Waals surface area contributed by atoms with Crippen LogP contribution in [0.3, 0.4) is 0 Å². The third-order valence-corrected chi connectivity index (χ3v) is 26.9. The first kappa shape index (κ1) is 49.0. The average Bonchev–Trinajstić information content (AvgIpc) is 3.14. The Morgan fingerprint density at radius 1 is 0.632 bits per heavy atom. The van der Waals surface area contributed by atoms with Gasteiger partial charge in [0.1, 0.15) is 11.5 Å². The minimum atomic E-state index is -2.81. The third kappa shape index (κ3) is 12.3. The van der Waals surface area contributed by atoms with Gasteiger partial charge in [0, 0.05) is 31.0 Å². The van der Waals surface area contributed by atoms with E-state index in [4.69, 9.17) is 22.8 Å². The minimum Gasteiger partial charge on any atom is -0.497 e. The molecule has 0 unspecified atom stereocenters. The van der Waals surface area contributed by atoms with Crippen LogP contribution in [0.1, 0.15) is 95.1 Å². The van der Waals surface area contributed by atoms with E-state index in [1.54, 1.807) is 7.11 Å². The fourth-order valence-corrected chi connectivity index (χ4v) is 14.7. The highest BCUT2D eigenvalue weighted by Crippen LogP contribution is 2.42. The van der Waals surface area contributed by atoms with Crippen LogP contribution in [0.5, 0.6) is 5.75 Å². The van der Waals surface area contributed by atoms with Crippen molar-refractivity contribution < 1.29 is 27.5 Å². The predicted octanol–water partition coefficient (Wildman–Crippen LogP) is 11.4. The zero-order chi connectivity index (χ0) is 43.0. The predicted molar refractivity (Wildman–Crippen MR) is 247 cm³/mol. The second kappa shape index (κ2) is 19.8. The molecule has 3 aromatic rings. The summed E-state index contributed by atoms with van der Waals surface area (Å²) in [7, 11) is -5.69. The number of Topliss-reactive ketones (excluding diaryl/α,β-unsaturated/α-hetero) is 1. The molecule has 0 aliphatic rings. The van der Waals surface area contributed by atoms with Crippen molar-refractivity contribution in [3.05, 3.63) is 90.5 Å². The number of ketones is 1. The van der Waals surface area contributed by atoms with Crippen molar-refractivity contribution >= 4 is 41.1 Å². The van der Waals surface area contributed by atoms with Crippen LogP contribution in [0.4, 0.5) is 0 Å². The molecule has 5 atom stereocenters. The highest BCUT2D eigenvalue weighted by atomic mass is 28.4. The van der Waals surface area contributed by atoms with Crippen LogP contribution in [0.25, 0.3) is 0 Å². The molecule has 0 spiro atoms. The van der Waals surface area contributed by atoms with Crippen molar-refractivity contribution in [3.63, 3.8) is 0 Å². The van der Waals surface area contributed by atoms with E-state index in [-0.39, 0.29) is 50.9 Å². The minimum absolute atomic E-state index is 0.00956. The average molecular weight is 835 g/mol. The van der Waals surface area contributed by atoms with Gasteiger partial charge in [-0.3, -0.25) is 4.79 Å². The smallest absolute Gasteiger partial charge is 0.261 e. The standard InChI is InChI=1S/C48H78O6Si3/c1-36(34-52-57(48(10,11)12,41-24-20-18-21-25-41)42-26-22-19-23-27-42)45(54-56(16,17)47(7,8)9)38(3)44(49)37(2)43(53-55(14,15)46(4,5)6)32-33-51-35-39-28-30-40(50-13)31-29-39/h18-31,36-38,43,45H,32-35H2,1-17H3/t36-,37+,38+,43+,45-/m0/s1. The summed E-state index contributed by atoms with van der Waals surface area (Å²) in [6.07, 6.45) is 0.00977. The molecule has 0 N–H and O–H groups in total. The first-order valence-electron chi connectivity index (χ1n) is 21.1. The molecule has 3 rings (SSSR count). The molecule has 0 saturated carbocycles. The van der Waals surface area contributed by atoms with E-state index in [1.165, 1.54) is 10.4 Å². The first-order valence-corrected chi connectivity index (χ1v) is 28.9. The number of ether oxygens (including phenoxy) is 2. The molecule has 0 aliphatic carbocycles. The zero-order valence-electron chi connectivity index (χ0n) is 38.7. The Balaban J connectivity index is 1.98. The van der Waals surface area contributed by atoms with Gasteiger partial charge in [-0.2, -0.15) is 0 Å². The Labute approximate surface area is 351 Å². The summed E-state index contributed by atoms with van der Waals surface area (Å²) >= 11 is 0. The van der Waals surface area contributed by atoms with Crippen LogP contribution in [0.2, 0.25) is 41.3 Å². The van der Waals surface area contributed by atoms with Crippen molar-refractivity contribution in [2.45, 2.75) is 150 Å². The number of rotatable bonds is 20. The number of carbonyl (C=O) groups is 1. The number of methoxy groups -OCH3 is 1. The molecular formula is C48H78O6Si3. The first-order chi connectivity index (χ1) is 26.3. The topological polar surface area (TPSA) is 63.2 Å². The summed E-state index contributed by atoms with van der Waals surface area (Å²) in [6, 6.07) is 29.5. The van der Waals surface area contributed by atoms with Gasteiger partial charge in [-0.15, -0.1) is 0 Å². The van der Waals surface area contributed by atoms with Crippen LogP contribution in [-0.2, 0) is 29.4 Å². The summed E-state index contributed by atoms with van der Waals surface area (Å²) in [6.45, 7) is 37.4. The highest BCUT2D eigenvalue weighted by molar-refractivity contribution is 6.99. The Kier molecular flexibility index (Phi) is 17.0. The molecule has 0 aliphatic heterocycles. The molecule has 0 heterocycles. The fraction of sp³-hybridized carbons (Fsp3) is 0.604. The van der Waals surface area contributed by atoms with Crippen LogP contribution in [-0.4, -0.2) is 63.3 Å². The van der Waals surface area contributed by atoms with E-state index < -0.39 is 25.0 Å². The molecule has 0 bridgehead atoms. The lowest BCUT2D eigenvalue weighted by Gasteiger charge is -2.46. The number of hydrogen-bond donors (Lipinski definition) is 0. The van der Waals surface area contributed by atoms with E-state index in [1.807, 2.05) is 24.3 Å². The maximum absolute atomic E-state index is 15.0.